The Morgan fingerprint density at radius 1 is 1.47 bits per heavy atom. The molecule has 0 fully saturated rings. The third-order valence-corrected chi connectivity index (χ3v) is 3.44. The molecule has 2 rings (SSSR count). The number of rotatable bonds is 3. The average molecular weight is 207 g/mol. The summed E-state index contributed by atoms with van der Waals surface area (Å²) in [6, 6.07) is 0.533. The summed E-state index contributed by atoms with van der Waals surface area (Å²) >= 11 is 0. The predicted molar refractivity (Wildman–Crippen MR) is 61.9 cm³/mol. The van der Waals surface area contributed by atoms with Crippen molar-refractivity contribution in [3.63, 3.8) is 0 Å². The molecule has 0 saturated heterocycles. The van der Waals surface area contributed by atoms with Gasteiger partial charge in [0.1, 0.15) is 0 Å². The Morgan fingerprint density at radius 2 is 2.27 bits per heavy atom. The fraction of sp³-hybridized carbons (Fsp3) is 0.750. The van der Waals surface area contributed by atoms with Crippen molar-refractivity contribution < 1.29 is 0 Å². The number of aromatic nitrogens is 2. The van der Waals surface area contributed by atoms with Crippen LogP contribution < -0.4 is 0 Å². The Labute approximate surface area is 92.1 Å². The molecule has 84 valence electrons. The highest BCUT2D eigenvalue weighted by atomic mass is 15.3. The Kier molecular flexibility index (Phi) is 3.10. The molecule has 1 aliphatic rings. The van der Waals surface area contributed by atoms with Crippen LogP contribution in [0.4, 0.5) is 0 Å². The molecule has 0 N–H and O–H groups in total. The zero-order valence-electron chi connectivity index (χ0n) is 10.0. The van der Waals surface area contributed by atoms with Gasteiger partial charge in [-0.2, -0.15) is 5.10 Å². The number of hydrogen-bond donors (Lipinski definition) is 0. The number of nitrogens with zero attached hydrogens (tertiary/aromatic N) is 3. The lowest BCUT2D eigenvalue weighted by molar-refractivity contribution is 0.267. The van der Waals surface area contributed by atoms with Crippen LogP contribution in [0.15, 0.2) is 6.20 Å². The summed E-state index contributed by atoms with van der Waals surface area (Å²) in [5.74, 6) is 0. The number of hydrogen-bond acceptors (Lipinski definition) is 2. The van der Waals surface area contributed by atoms with E-state index < -0.39 is 0 Å². The molecule has 0 radical (unpaired) electrons. The summed E-state index contributed by atoms with van der Waals surface area (Å²) in [7, 11) is 0. The molecule has 1 aromatic rings. The van der Waals surface area contributed by atoms with E-state index in [1.165, 1.54) is 17.8 Å². The second kappa shape index (κ2) is 4.35. The van der Waals surface area contributed by atoms with Crippen molar-refractivity contribution in [1.82, 2.24) is 14.7 Å². The van der Waals surface area contributed by atoms with Crippen molar-refractivity contribution in [2.24, 2.45) is 0 Å². The van der Waals surface area contributed by atoms with Crippen LogP contribution in [0.5, 0.6) is 0 Å². The Hall–Kier alpha value is -0.830. The first-order valence-electron chi connectivity index (χ1n) is 6.03. The molecule has 1 atom stereocenters. The summed E-state index contributed by atoms with van der Waals surface area (Å²) in [6.07, 6.45) is 4.51. The van der Waals surface area contributed by atoms with Crippen LogP contribution in [0.25, 0.3) is 0 Å². The Morgan fingerprint density at radius 3 is 2.93 bits per heavy atom. The van der Waals surface area contributed by atoms with Gasteiger partial charge in [0.15, 0.2) is 0 Å². The van der Waals surface area contributed by atoms with Crippen LogP contribution in [0, 0.1) is 0 Å². The van der Waals surface area contributed by atoms with E-state index >= 15 is 0 Å². The Bertz CT molecular complexity index is 330. The van der Waals surface area contributed by atoms with E-state index in [1.807, 2.05) is 0 Å². The lowest BCUT2D eigenvalue weighted by Gasteiger charge is -2.23. The largest absolute Gasteiger partial charge is 0.299 e. The molecule has 3 heteroatoms. The Balaban J connectivity index is 2.18. The quantitative estimate of drug-likeness (QED) is 0.758. The van der Waals surface area contributed by atoms with E-state index in [9.17, 15) is 0 Å². The van der Waals surface area contributed by atoms with Crippen molar-refractivity contribution in [2.75, 3.05) is 13.1 Å². The van der Waals surface area contributed by atoms with Gasteiger partial charge in [0, 0.05) is 37.3 Å². The molecule has 1 unspecified atom stereocenters. The lowest BCUT2D eigenvalue weighted by Crippen LogP contribution is -2.29. The van der Waals surface area contributed by atoms with Gasteiger partial charge < -0.3 is 0 Å². The molecule has 1 aromatic heterocycles. The van der Waals surface area contributed by atoms with Crippen LogP contribution in [0.1, 0.15) is 44.5 Å². The average Bonchev–Trinajstić information content (AvgIpc) is 2.70. The minimum Gasteiger partial charge on any atom is -0.299 e. The standard InChI is InChI=1S/C12H21N3/c1-4-10(3)15-9-11-8-14(5-2)7-6-12(11)13-15/h9-10H,4-8H2,1-3H3. The lowest BCUT2D eigenvalue weighted by atomic mass is 10.1. The van der Waals surface area contributed by atoms with Gasteiger partial charge in [-0.15, -0.1) is 0 Å². The van der Waals surface area contributed by atoms with Gasteiger partial charge >= 0.3 is 0 Å². The topological polar surface area (TPSA) is 21.1 Å². The van der Waals surface area contributed by atoms with Crippen LogP contribution in [-0.4, -0.2) is 27.8 Å². The summed E-state index contributed by atoms with van der Waals surface area (Å²) in [5, 5.41) is 4.68. The zero-order valence-corrected chi connectivity index (χ0v) is 10.0. The third-order valence-electron chi connectivity index (χ3n) is 3.44. The molecule has 0 amide bonds. The SMILES string of the molecule is CCC(C)n1cc2c(n1)CCN(CC)C2. The molecule has 0 saturated carbocycles. The molecule has 15 heavy (non-hydrogen) atoms. The highest BCUT2D eigenvalue weighted by Gasteiger charge is 2.19. The normalized spacial score (nSPS) is 18.9. The van der Waals surface area contributed by atoms with Crippen molar-refractivity contribution in [1.29, 1.82) is 0 Å². The van der Waals surface area contributed by atoms with Gasteiger partial charge in [-0.05, 0) is 19.9 Å². The first-order chi connectivity index (χ1) is 7.24. The van der Waals surface area contributed by atoms with Crippen LogP contribution in [0.3, 0.4) is 0 Å². The number of fused-ring (bicyclic) bond motifs is 1. The van der Waals surface area contributed by atoms with Crippen molar-refractivity contribution in [2.45, 2.75) is 46.2 Å². The van der Waals surface area contributed by atoms with Gasteiger partial charge in [-0.25, -0.2) is 0 Å². The molecule has 0 spiro atoms. The molecule has 0 aliphatic carbocycles. The maximum absolute atomic E-state index is 4.68. The fourth-order valence-electron chi connectivity index (χ4n) is 2.08. The highest BCUT2D eigenvalue weighted by molar-refractivity contribution is 5.20. The molecular weight excluding hydrogens is 186 g/mol. The minimum atomic E-state index is 0.533. The van der Waals surface area contributed by atoms with E-state index in [-0.39, 0.29) is 0 Å². The predicted octanol–water partition coefficient (Wildman–Crippen LogP) is 2.23. The maximum atomic E-state index is 4.68. The first-order valence-corrected chi connectivity index (χ1v) is 6.03. The highest BCUT2D eigenvalue weighted by Crippen LogP contribution is 2.20. The van der Waals surface area contributed by atoms with Gasteiger partial charge in [0.05, 0.1) is 5.69 Å². The second-order valence-corrected chi connectivity index (χ2v) is 4.46. The summed E-state index contributed by atoms with van der Waals surface area (Å²) in [4.78, 5) is 2.48. The minimum absolute atomic E-state index is 0.533. The molecular formula is C12H21N3. The van der Waals surface area contributed by atoms with Gasteiger partial charge in [0.2, 0.25) is 0 Å². The van der Waals surface area contributed by atoms with E-state index in [4.69, 9.17) is 0 Å². The van der Waals surface area contributed by atoms with Crippen molar-refractivity contribution in [3.8, 4) is 0 Å². The van der Waals surface area contributed by atoms with Gasteiger partial charge in [-0.1, -0.05) is 13.8 Å². The van der Waals surface area contributed by atoms with E-state index in [2.05, 4.69) is 41.6 Å². The summed E-state index contributed by atoms with van der Waals surface area (Å²) < 4.78 is 2.14. The van der Waals surface area contributed by atoms with Gasteiger partial charge in [-0.3, -0.25) is 9.58 Å². The van der Waals surface area contributed by atoms with Crippen molar-refractivity contribution >= 4 is 0 Å². The number of likely N-dealkylation sites (N-methyl/N-ethyl adjacent to an activating group) is 1. The zero-order chi connectivity index (χ0) is 10.8. The molecule has 1 aliphatic heterocycles. The monoisotopic (exact) mass is 207 g/mol. The van der Waals surface area contributed by atoms with E-state index in [0.29, 0.717) is 6.04 Å². The second-order valence-electron chi connectivity index (χ2n) is 4.46. The van der Waals surface area contributed by atoms with Crippen molar-refractivity contribution in [3.05, 3.63) is 17.5 Å². The van der Waals surface area contributed by atoms with E-state index in [1.54, 1.807) is 0 Å². The fourth-order valence-corrected chi connectivity index (χ4v) is 2.08. The first kappa shape index (κ1) is 10.7. The smallest absolute Gasteiger partial charge is 0.0682 e. The van der Waals surface area contributed by atoms with Crippen LogP contribution in [-0.2, 0) is 13.0 Å². The summed E-state index contributed by atoms with van der Waals surface area (Å²) in [5.41, 5.74) is 2.75. The molecule has 3 nitrogen and oxygen atoms in total. The summed E-state index contributed by atoms with van der Waals surface area (Å²) in [6.45, 7) is 10.1. The van der Waals surface area contributed by atoms with E-state index in [0.717, 1.165) is 25.9 Å². The van der Waals surface area contributed by atoms with Gasteiger partial charge in [0.25, 0.3) is 0 Å². The van der Waals surface area contributed by atoms with Crippen LogP contribution in [0.2, 0.25) is 0 Å². The molecule has 2 heterocycles. The van der Waals surface area contributed by atoms with Crippen LogP contribution >= 0.6 is 0 Å². The maximum Gasteiger partial charge on any atom is 0.0682 e. The third kappa shape index (κ3) is 2.07. The molecule has 0 bridgehead atoms. The molecule has 0 aromatic carbocycles.